The molecular weight excluding hydrogens is 244 g/mol. The predicted octanol–water partition coefficient (Wildman–Crippen LogP) is 4.17. The highest BCUT2D eigenvalue weighted by Crippen LogP contribution is 2.24. The highest BCUT2D eigenvalue weighted by Gasteiger charge is 2.17. The number of hydrogen-bond acceptors (Lipinski definition) is 1. The summed E-state index contributed by atoms with van der Waals surface area (Å²) in [6.07, 6.45) is 0.825. The fourth-order valence-corrected chi connectivity index (χ4v) is 2.38. The Bertz CT molecular complexity index is 549. The minimum absolute atomic E-state index is 0.236. The van der Waals surface area contributed by atoms with Crippen molar-refractivity contribution in [3.8, 4) is 0 Å². The molecule has 0 amide bonds. The summed E-state index contributed by atoms with van der Waals surface area (Å²) in [6, 6.07) is 6.46. The van der Waals surface area contributed by atoms with Gasteiger partial charge < -0.3 is 4.57 Å². The van der Waals surface area contributed by atoms with Crippen molar-refractivity contribution < 1.29 is 0 Å². The Morgan fingerprint density at radius 1 is 1.28 bits per heavy atom. The number of hydrogen-bond donors (Lipinski definition) is 0. The standard InChI is InChI=1S/C15H21ClN2/c1-11-5-6-13-12(9-11)17-14(7-8-16)18(13)10-15(2,3)4/h5-6,9H,7-8,10H2,1-4H3. The molecule has 2 nitrogen and oxygen atoms in total. The van der Waals surface area contributed by atoms with E-state index in [1.807, 2.05) is 0 Å². The Balaban J connectivity index is 2.55. The molecule has 0 N–H and O–H groups in total. The second-order valence-corrected chi connectivity index (χ2v) is 6.48. The smallest absolute Gasteiger partial charge is 0.111 e. The van der Waals surface area contributed by atoms with Crippen molar-refractivity contribution in [2.24, 2.45) is 5.41 Å². The van der Waals surface area contributed by atoms with Crippen molar-refractivity contribution in [1.82, 2.24) is 9.55 Å². The molecule has 1 aromatic heterocycles. The number of aryl methyl sites for hydroxylation is 2. The van der Waals surface area contributed by atoms with Gasteiger partial charge in [0.15, 0.2) is 0 Å². The minimum Gasteiger partial charge on any atom is -0.327 e. The first-order chi connectivity index (χ1) is 8.40. The summed E-state index contributed by atoms with van der Waals surface area (Å²) in [5.41, 5.74) is 3.79. The second-order valence-electron chi connectivity index (χ2n) is 6.11. The third kappa shape index (κ3) is 2.86. The zero-order valence-electron chi connectivity index (χ0n) is 11.6. The first-order valence-corrected chi connectivity index (χ1v) is 6.96. The Hall–Kier alpha value is -1.02. The number of alkyl halides is 1. The maximum absolute atomic E-state index is 5.88. The third-order valence-corrected chi connectivity index (χ3v) is 3.12. The molecule has 0 unspecified atom stereocenters. The van der Waals surface area contributed by atoms with E-state index >= 15 is 0 Å². The molecule has 0 spiro atoms. The fraction of sp³-hybridized carbons (Fsp3) is 0.533. The van der Waals surface area contributed by atoms with Crippen LogP contribution in [0.3, 0.4) is 0 Å². The van der Waals surface area contributed by atoms with Crippen LogP contribution < -0.4 is 0 Å². The Labute approximate surface area is 114 Å². The van der Waals surface area contributed by atoms with E-state index in [0.29, 0.717) is 5.88 Å². The lowest BCUT2D eigenvalue weighted by molar-refractivity contribution is 0.343. The SMILES string of the molecule is Cc1ccc2c(c1)nc(CCCl)n2CC(C)(C)C. The van der Waals surface area contributed by atoms with Gasteiger partial charge in [-0.2, -0.15) is 0 Å². The lowest BCUT2D eigenvalue weighted by Crippen LogP contribution is -2.17. The van der Waals surface area contributed by atoms with Gasteiger partial charge in [0.2, 0.25) is 0 Å². The van der Waals surface area contributed by atoms with Crippen molar-refractivity contribution in [2.45, 2.75) is 40.7 Å². The number of imidazole rings is 1. The fourth-order valence-electron chi connectivity index (χ4n) is 2.22. The topological polar surface area (TPSA) is 17.8 Å². The number of fused-ring (bicyclic) bond motifs is 1. The average molecular weight is 265 g/mol. The second kappa shape index (κ2) is 4.93. The molecule has 0 atom stereocenters. The van der Waals surface area contributed by atoms with Crippen LogP contribution in [0.1, 0.15) is 32.2 Å². The van der Waals surface area contributed by atoms with E-state index in [-0.39, 0.29) is 5.41 Å². The summed E-state index contributed by atoms with van der Waals surface area (Å²) >= 11 is 5.88. The maximum atomic E-state index is 5.88. The molecule has 2 rings (SSSR count). The van der Waals surface area contributed by atoms with Gasteiger partial charge in [0.1, 0.15) is 5.82 Å². The van der Waals surface area contributed by atoms with E-state index in [1.54, 1.807) is 0 Å². The lowest BCUT2D eigenvalue weighted by Gasteiger charge is -2.21. The van der Waals surface area contributed by atoms with Gasteiger partial charge >= 0.3 is 0 Å². The minimum atomic E-state index is 0.236. The van der Waals surface area contributed by atoms with E-state index in [2.05, 4.69) is 50.5 Å². The third-order valence-electron chi connectivity index (χ3n) is 2.93. The lowest BCUT2D eigenvalue weighted by atomic mass is 9.96. The molecule has 1 heterocycles. The average Bonchev–Trinajstić information content (AvgIpc) is 2.54. The van der Waals surface area contributed by atoms with Gasteiger partial charge in [-0.05, 0) is 30.0 Å². The molecule has 0 aliphatic rings. The van der Waals surface area contributed by atoms with Gasteiger partial charge in [0.25, 0.3) is 0 Å². The molecule has 2 aromatic rings. The molecule has 3 heteroatoms. The summed E-state index contributed by atoms with van der Waals surface area (Å²) in [4.78, 5) is 4.73. The zero-order valence-corrected chi connectivity index (χ0v) is 12.4. The first-order valence-electron chi connectivity index (χ1n) is 6.42. The van der Waals surface area contributed by atoms with Gasteiger partial charge in [-0.25, -0.2) is 4.98 Å². The Morgan fingerprint density at radius 3 is 2.61 bits per heavy atom. The van der Waals surface area contributed by atoms with E-state index in [9.17, 15) is 0 Å². The monoisotopic (exact) mass is 264 g/mol. The Kier molecular flexibility index (Phi) is 3.67. The molecule has 0 saturated carbocycles. The quantitative estimate of drug-likeness (QED) is 0.761. The number of benzene rings is 1. The van der Waals surface area contributed by atoms with Crippen molar-refractivity contribution >= 4 is 22.6 Å². The van der Waals surface area contributed by atoms with Crippen molar-refractivity contribution in [3.63, 3.8) is 0 Å². The van der Waals surface area contributed by atoms with Gasteiger partial charge in [0.05, 0.1) is 11.0 Å². The predicted molar refractivity (Wildman–Crippen MR) is 78.3 cm³/mol. The number of halogens is 1. The highest BCUT2D eigenvalue weighted by atomic mass is 35.5. The normalized spacial score (nSPS) is 12.3. The molecule has 0 fully saturated rings. The number of aromatic nitrogens is 2. The van der Waals surface area contributed by atoms with Crippen LogP contribution in [-0.4, -0.2) is 15.4 Å². The molecule has 0 aliphatic carbocycles. The zero-order chi connectivity index (χ0) is 13.3. The molecule has 0 saturated heterocycles. The summed E-state index contributed by atoms with van der Waals surface area (Å²) in [6.45, 7) is 9.81. The van der Waals surface area contributed by atoms with Crippen LogP contribution in [0.2, 0.25) is 0 Å². The van der Waals surface area contributed by atoms with Crippen LogP contribution in [0.25, 0.3) is 11.0 Å². The van der Waals surface area contributed by atoms with E-state index in [0.717, 1.165) is 24.3 Å². The van der Waals surface area contributed by atoms with E-state index in [4.69, 9.17) is 16.6 Å². The van der Waals surface area contributed by atoms with E-state index < -0.39 is 0 Å². The number of rotatable bonds is 3. The molecule has 0 radical (unpaired) electrons. The van der Waals surface area contributed by atoms with Crippen molar-refractivity contribution in [3.05, 3.63) is 29.6 Å². The molecule has 18 heavy (non-hydrogen) atoms. The molecule has 0 aliphatic heterocycles. The molecule has 98 valence electrons. The summed E-state index contributed by atoms with van der Waals surface area (Å²) in [7, 11) is 0. The van der Waals surface area contributed by atoms with Gasteiger partial charge in [-0.3, -0.25) is 0 Å². The summed E-state index contributed by atoms with van der Waals surface area (Å²) in [5.74, 6) is 1.72. The summed E-state index contributed by atoms with van der Waals surface area (Å²) in [5, 5.41) is 0. The molecular formula is C15H21ClN2. The Morgan fingerprint density at radius 2 is 2.00 bits per heavy atom. The van der Waals surface area contributed by atoms with Crippen LogP contribution in [0.15, 0.2) is 18.2 Å². The largest absolute Gasteiger partial charge is 0.327 e. The number of nitrogens with zero attached hydrogens (tertiary/aromatic N) is 2. The van der Waals surface area contributed by atoms with Crippen LogP contribution in [0, 0.1) is 12.3 Å². The van der Waals surface area contributed by atoms with Crippen molar-refractivity contribution in [2.75, 3.05) is 5.88 Å². The summed E-state index contributed by atoms with van der Waals surface area (Å²) < 4.78 is 2.32. The van der Waals surface area contributed by atoms with Gasteiger partial charge in [-0.15, -0.1) is 11.6 Å². The molecule has 1 aromatic carbocycles. The van der Waals surface area contributed by atoms with Gasteiger partial charge in [0, 0.05) is 18.8 Å². The van der Waals surface area contributed by atoms with Crippen LogP contribution in [-0.2, 0) is 13.0 Å². The highest BCUT2D eigenvalue weighted by molar-refractivity contribution is 6.17. The molecule has 0 bridgehead atoms. The van der Waals surface area contributed by atoms with Crippen LogP contribution >= 0.6 is 11.6 Å². The maximum Gasteiger partial charge on any atom is 0.111 e. The first kappa shape index (κ1) is 13.4. The van der Waals surface area contributed by atoms with Gasteiger partial charge in [-0.1, -0.05) is 26.8 Å². The van der Waals surface area contributed by atoms with E-state index in [1.165, 1.54) is 11.1 Å². The van der Waals surface area contributed by atoms with Crippen molar-refractivity contribution in [1.29, 1.82) is 0 Å². The van der Waals surface area contributed by atoms with Crippen LogP contribution in [0.5, 0.6) is 0 Å². The van der Waals surface area contributed by atoms with Crippen LogP contribution in [0.4, 0.5) is 0 Å².